The van der Waals surface area contributed by atoms with Crippen molar-refractivity contribution in [3.63, 3.8) is 0 Å². The molecule has 1 unspecified atom stereocenters. The highest BCUT2D eigenvalue weighted by molar-refractivity contribution is 5.79. The minimum Gasteiger partial charge on any atom is -0.465 e. The molecule has 1 heterocycles. The maximum absolute atomic E-state index is 11.1. The van der Waals surface area contributed by atoms with E-state index >= 15 is 0 Å². The first kappa shape index (κ1) is 11.4. The quantitative estimate of drug-likeness (QED) is 0.732. The van der Waals surface area contributed by atoms with Crippen LogP contribution in [0.25, 0.3) is 0 Å². The Morgan fingerprint density at radius 1 is 1.31 bits per heavy atom. The molecule has 2 rings (SSSR count). The van der Waals surface area contributed by atoms with Gasteiger partial charge in [0.05, 0.1) is 0 Å². The van der Waals surface area contributed by atoms with Crippen LogP contribution in [-0.4, -0.2) is 47.1 Å². The van der Waals surface area contributed by atoms with E-state index in [1.165, 1.54) is 0 Å². The molecule has 90 valence electrons. The van der Waals surface area contributed by atoms with E-state index in [4.69, 9.17) is 5.11 Å². The molecule has 2 N–H and O–H groups in total. The first-order valence-electron chi connectivity index (χ1n) is 5.90. The predicted molar refractivity (Wildman–Crippen MR) is 58.4 cm³/mol. The smallest absolute Gasteiger partial charge is 0.404 e. The number of carbonyl (C=O) groups is 2. The Bertz CT molecular complexity index is 283. The highest BCUT2D eigenvalue weighted by atomic mass is 16.4. The summed E-state index contributed by atoms with van der Waals surface area (Å²) in [4.78, 5) is 24.0. The summed E-state index contributed by atoms with van der Waals surface area (Å²) in [5, 5.41) is 11.2. The molecule has 0 bridgehead atoms. The zero-order valence-corrected chi connectivity index (χ0v) is 9.32. The van der Waals surface area contributed by atoms with Crippen LogP contribution in [-0.2, 0) is 4.79 Å². The summed E-state index contributed by atoms with van der Waals surface area (Å²) in [7, 11) is 0. The molecule has 2 aliphatic rings. The number of Topliss-reactive ketones (excluding diaryl/α,β-unsaturated/α-hetero) is 1. The molecule has 1 amide bonds. The average Bonchev–Trinajstić information content (AvgIpc) is 2.66. The van der Waals surface area contributed by atoms with Gasteiger partial charge in [-0.1, -0.05) is 0 Å². The van der Waals surface area contributed by atoms with Crippen molar-refractivity contribution in [3.8, 4) is 0 Å². The number of hydrogen-bond acceptors (Lipinski definition) is 3. The SMILES string of the molecule is O=C1CCC(N2CCC(NC(=O)O)C2)CC1. The van der Waals surface area contributed by atoms with Crippen molar-refractivity contribution in [2.24, 2.45) is 0 Å². The molecule has 1 aliphatic carbocycles. The standard InChI is InChI=1S/C11H18N2O3/c14-10-3-1-9(2-4-10)13-6-5-8(7-13)12-11(15)16/h8-9,12H,1-7H2,(H,15,16). The molecule has 1 saturated heterocycles. The summed E-state index contributed by atoms with van der Waals surface area (Å²) in [6.07, 6.45) is 3.22. The average molecular weight is 226 g/mol. The number of rotatable bonds is 2. The van der Waals surface area contributed by atoms with Crippen molar-refractivity contribution in [2.75, 3.05) is 13.1 Å². The van der Waals surface area contributed by atoms with Crippen molar-refractivity contribution in [2.45, 2.75) is 44.2 Å². The molecule has 0 aromatic rings. The van der Waals surface area contributed by atoms with Gasteiger partial charge < -0.3 is 10.4 Å². The highest BCUT2D eigenvalue weighted by Gasteiger charge is 2.31. The Balaban J connectivity index is 1.79. The maximum atomic E-state index is 11.1. The number of hydrogen-bond donors (Lipinski definition) is 2. The largest absolute Gasteiger partial charge is 0.465 e. The van der Waals surface area contributed by atoms with E-state index in [1.54, 1.807) is 0 Å². The molecule has 0 aromatic heterocycles. The van der Waals surface area contributed by atoms with Crippen LogP contribution in [0.3, 0.4) is 0 Å². The summed E-state index contributed by atoms with van der Waals surface area (Å²) in [6, 6.07) is 0.549. The van der Waals surface area contributed by atoms with Gasteiger partial charge in [-0.25, -0.2) is 4.79 Å². The fourth-order valence-corrected chi connectivity index (χ4v) is 2.70. The molecule has 5 heteroatoms. The highest BCUT2D eigenvalue weighted by Crippen LogP contribution is 2.24. The summed E-state index contributed by atoms with van der Waals surface area (Å²) in [5.74, 6) is 0.371. The number of carboxylic acid groups (broad SMARTS) is 1. The van der Waals surface area contributed by atoms with Crippen LogP contribution >= 0.6 is 0 Å². The van der Waals surface area contributed by atoms with E-state index in [2.05, 4.69) is 10.2 Å². The van der Waals surface area contributed by atoms with Crippen molar-refractivity contribution in [1.82, 2.24) is 10.2 Å². The zero-order chi connectivity index (χ0) is 11.5. The predicted octanol–water partition coefficient (Wildman–Crippen LogP) is 0.840. The summed E-state index contributed by atoms with van der Waals surface area (Å²) < 4.78 is 0. The third kappa shape index (κ3) is 2.72. The Hall–Kier alpha value is -1.10. The number of ketones is 1. The van der Waals surface area contributed by atoms with Gasteiger partial charge in [-0.15, -0.1) is 0 Å². The van der Waals surface area contributed by atoms with Crippen molar-refractivity contribution < 1.29 is 14.7 Å². The third-order valence-electron chi connectivity index (χ3n) is 3.58. The number of likely N-dealkylation sites (tertiary alicyclic amines) is 1. The van der Waals surface area contributed by atoms with Crippen LogP contribution in [0.15, 0.2) is 0 Å². The molecule has 16 heavy (non-hydrogen) atoms. The summed E-state index contributed by atoms with van der Waals surface area (Å²) >= 11 is 0. The monoisotopic (exact) mass is 226 g/mol. The molecule has 0 spiro atoms. The minimum atomic E-state index is -0.939. The van der Waals surface area contributed by atoms with E-state index in [-0.39, 0.29) is 6.04 Å². The summed E-state index contributed by atoms with van der Waals surface area (Å²) in [6.45, 7) is 1.75. The second-order valence-corrected chi connectivity index (χ2v) is 4.70. The Kier molecular flexibility index (Phi) is 3.43. The van der Waals surface area contributed by atoms with E-state index in [0.29, 0.717) is 24.7 Å². The molecular formula is C11H18N2O3. The van der Waals surface area contributed by atoms with Gasteiger partial charge in [-0.05, 0) is 19.3 Å². The van der Waals surface area contributed by atoms with Gasteiger partial charge in [0.1, 0.15) is 5.78 Å². The lowest BCUT2D eigenvalue weighted by Gasteiger charge is -2.30. The van der Waals surface area contributed by atoms with Crippen LogP contribution in [0.5, 0.6) is 0 Å². The van der Waals surface area contributed by atoms with Crippen molar-refractivity contribution in [1.29, 1.82) is 0 Å². The molecule has 0 aromatic carbocycles. The van der Waals surface area contributed by atoms with Gasteiger partial charge in [0.25, 0.3) is 0 Å². The molecule has 2 fully saturated rings. The van der Waals surface area contributed by atoms with E-state index in [1.807, 2.05) is 0 Å². The lowest BCUT2D eigenvalue weighted by Crippen LogP contribution is -2.40. The second kappa shape index (κ2) is 4.82. The third-order valence-corrected chi connectivity index (χ3v) is 3.58. The Morgan fingerprint density at radius 2 is 2.00 bits per heavy atom. The minimum absolute atomic E-state index is 0.0649. The van der Waals surface area contributed by atoms with E-state index in [9.17, 15) is 9.59 Å². The topological polar surface area (TPSA) is 69.6 Å². The molecular weight excluding hydrogens is 208 g/mol. The first-order valence-corrected chi connectivity index (χ1v) is 5.90. The van der Waals surface area contributed by atoms with Crippen LogP contribution in [0, 0.1) is 0 Å². The first-order chi connectivity index (χ1) is 7.65. The Morgan fingerprint density at radius 3 is 2.62 bits per heavy atom. The number of nitrogens with zero attached hydrogens (tertiary/aromatic N) is 1. The summed E-state index contributed by atoms with van der Waals surface area (Å²) in [5.41, 5.74) is 0. The van der Waals surface area contributed by atoms with Gasteiger partial charge in [0, 0.05) is 38.0 Å². The van der Waals surface area contributed by atoms with Crippen LogP contribution in [0.2, 0.25) is 0 Å². The number of amides is 1. The fourth-order valence-electron chi connectivity index (χ4n) is 2.70. The lowest BCUT2D eigenvalue weighted by atomic mass is 9.93. The molecule has 1 atom stereocenters. The number of carbonyl (C=O) groups excluding carboxylic acids is 1. The second-order valence-electron chi connectivity index (χ2n) is 4.70. The fraction of sp³-hybridized carbons (Fsp3) is 0.818. The van der Waals surface area contributed by atoms with Gasteiger partial charge >= 0.3 is 6.09 Å². The van der Waals surface area contributed by atoms with Gasteiger partial charge in [-0.3, -0.25) is 9.69 Å². The van der Waals surface area contributed by atoms with Crippen LogP contribution < -0.4 is 5.32 Å². The normalized spacial score (nSPS) is 28.2. The molecule has 5 nitrogen and oxygen atoms in total. The molecule has 1 aliphatic heterocycles. The van der Waals surface area contributed by atoms with E-state index < -0.39 is 6.09 Å². The maximum Gasteiger partial charge on any atom is 0.404 e. The Labute approximate surface area is 94.8 Å². The van der Waals surface area contributed by atoms with Crippen LogP contribution in [0.4, 0.5) is 4.79 Å². The zero-order valence-electron chi connectivity index (χ0n) is 9.32. The molecule has 1 saturated carbocycles. The van der Waals surface area contributed by atoms with Crippen molar-refractivity contribution in [3.05, 3.63) is 0 Å². The number of nitrogens with one attached hydrogen (secondary N) is 1. The molecule has 0 radical (unpaired) electrons. The van der Waals surface area contributed by atoms with Gasteiger partial charge in [-0.2, -0.15) is 0 Å². The van der Waals surface area contributed by atoms with Crippen molar-refractivity contribution >= 4 is 11.9 Å². The van der Waals surface area contributed by atoms with Gasteiger partial charge in [0.15, 0.2) is 0 Å². The van der Waals surface area contributed by atoms with Gasteiger partial charge in [0.2, 0.25) is 0 Å². The van der Waals surface area contributed by atoms with Crippen LogP contribution in [0.1, 0.15) is 32.1 Å². The lowest BCUT2D eigenvalue weighted by molar-refractivity contribution is -0.121. The van der Waals surface area contributed by atoms with E-state index in [0.717, 1.165) is 32.4 Å².